The molecule has 0 saturated carbocycles. The third kappa shape index (κ3) is 6.30. The van der Waals surface area contributed by atoms with Gasteiger partial charge in [-0.25, -0.2) is 9.18 Å². The normalized spacial score (nSPS) is 15.0. The van der Waals surface area contributed by atoms with Gasteiger partial charge in [0.05, 0.1) is 12.7 Å². The fourth-order valence-corrected chi connectivity index (χ4v) is 0.699. The summed E-state index contributed by atoms with van der Waals surface area (Å²) in [6, 6.07) is 0. The smallest absolute Gasteiger partial charge is 0.404 e. The first-order chi connectivity index (χ1) is 6.07. The van der Waals surface area contributed by atoms with Gasteiger partial charge in [-0.15, -0.1) is 0 Å². The molecule has 0 fully saturated rings. The molecule has 1 amide bonds. The zero-order valence-electron chi connectivity index (χ0n) is 7.50. The van der Waals surface area contributed by atoms with E-state index in [0.717, 1.165) is 0 Å². The Kier molecular flexibility index (Phi) is 6.17. The second kappa shape index (κ2) is 6.62. The third-order valence-corrected chi connectivity index (χ3v) is 1.49. The van der Waals surface area contributed by atoms with Gasteiger partial charge in [-0.2, -0.15) is 0 Å². The molecule has 0 heterocycles. The van der Waals surface area contributed by atoms with Gasteiger partial charge in [0.1, 0.15) is 6.17 Å². The average Bonchev–Trinajstić information content (AvgIpc) is 2.10. The highest BCUT2D eigenvalue weighted by Gasteiger charge is 2.14. The predicted molar refractivity (Wildman–Crippen MR) is 45.4 cm³/mol. The summed E-state index contributed by atoms with van der Waals surface area (Å²) in [5.41, 5.74) is 5.06. The molecular formula is C7H15FN2O3. The Bertz CT molecular complexity index is 157. The number of nitrogens with two attached hydrogens (primary N) is 1. The van der Waals surface area contributed by atoms with Crippen LogP contribution >= 0.6 is 0 Å². The minimum Gasteiger partial charge on any atom is -0.465 e. The Morgan fingerprint density at radius 2 is 2.38 bits per heavy atom. The number of carbonyl (C=O) groups is 1. The molecule has 0 radical (unpaired) electrons. The molecular weight excluding hydrogens is 179 g/mol. The number of nitrogens with one attached hydrogen (secondary N) is 1. The lowest BCUT2D eigenvalue weighted by Gasteiger charge is -2.15. The molecule has 0 aliphatic rings. The first kappa shape index (κ1) is 12.1. The SMILES string of the molecule is CC(OCCNC(=O)O)C(F)CN. The third-order valence-electron chi connectivity index (χ3n) is 1.49. The van der Waals surface area contributed by atoms with Gasteiger partial charge in [-0.05, 0) is 6.92 Å². The topological polar surface area (TPSA) is 84.6 Å². The van der Waals surface area contributed by atoms with E-state index in [0.29, 0.717) is 0 Å². The lowest BCUT2D eigenvalue weighted by Crippen LogP contribution is -2.32. The van der Waals surface area contributed by atoms with E-state index in [9.17, 15) is 9.18 Å². The van der Waals surface area contributed by atoms with Gasteiger partial charge in [0, 0.05) is 13.1 Å². The highest BCUT2D eigenvalue weighted by atomic mass is 19.1. The van der Waals surface area contributed by atoms with E-state index in [1.54, 1.807) is 6.92 Å². The molecule has 0 aliphatic heterocycles. The van der Waals surface area contributed by atoms with Gasteiger partial charge in [-0.3, -0.25) is 0 Å². The van der Waals surface area contributed by atoms with Crippen LogP contribution in [0.5, 0.6) is 0 Å². The Morgan fingerprint density at radius 3 is 2.85 bits per heavy atom. The minimum absolute atomic E-state index is 0.0898. The Balaban J connectivity index is 3.36. The summed E-state index contributed by atoms with van der Waals surface area (Å²) < 4.78 is 17.7. The van der Waals surface area contributed by atoms with E-state index in [1.807, 2.05) is 0 Å². The molecule has 0 aromatic carbocycles. The molecule has 0 rings (SSSR count). The second-order valence-electron chi connectivity index (χ2n) is 2.56. The number of rotatable bonds is 6. The molecule has 0 aromatic heterocycles. The van der Waals surface area contributed by atoms with Gasteiger partial charge >= 0.3 is 6.09 Å². The van der Waals surface area contributed by atoms with Crippen molar-refractivity contribution in [2.45, 2.75) is 19.2 Å². The highest BCUT2D eigenvalue weighted by Crippen LogP contribution is 2.00. The fraction of sp³-hybridized carbons (Fsp3) is 0.857. The maximum atomic E-state index is 12.7. The number of alkyl halides is 1. The summed E-state index contributed by atoms with van der Waals surface area (Å²) in [5.74, 6) is 0. The van der Waals surface area contributed by atoms with Gasteiger partial charge in [0.2, 0.25) is 0 Å². The quantitative estimate of drug-likeness (QED) is 0.518. The van der Waals surface area contributed by atoms with Crippen molar-refractivity contribution in [1.29, 1.82) is 0 Å². The number of halogens is 1. The summed E-state index contributed by atoms with van der Waals surface area (Å²) in [6.45, 7) is 1.76. The van der Waals surface area contributed by atoms with Crippen LogP contribution < -0.4 is 11.1 Å². The largest absolute Gasteiger partial charge is 0.465 e. The zero-order chi connectivity index (χ0) is 10.3. The number of carboxylic acid groups (broad SMARTS) is 1. The van der Waals surface area contributed by atoms with Crippen molar-refractivity contribution in [3.05, 3.63) is 0 Å². The van der Waals surface area contributed by atoms with Crippen molar-refractivity contribution in [3.8, 4) is 0 Å². The van der Waals surface area contributed by atoms with Crippen molar-refractivity contribution in [1.82, 2.24) is 5.32 Å². The molecule has 6 heteroatoms. The van der Waals surface area contributed by atoms with E-state index < -0.39 is 18.4 Å². The van der Waals surface area contributed by atoms with E-state index in [-0.39, 0.29) is 19.7 Å². The standard InChI is InChI=1S/C7H15FN2O3/c1-5(6(8)4-9)13-3-2-10-7(11)12/h5-6,10H,2-4,9H2,1H3,(H,11,12). The van der Waals surface area contributed by atoms with Gasteiger partial charge < -0.3 is 20.9 Å². The van der Waals surface area contributed by atoms with E-state index in [4.69, 9.17) is 15.6 Å². The predicted octanol–water partition coefficient (Wildman–Crippen LogP) is -0.0441. The minimum atomic E-state index is -1.20. The Morgan fingerprint density at radius 1 is 1.77 bits per heavy atom. The van der Waals surface area contributed by atoms with Crippen LogP contribution in [0.4, 0.5) is 9.18 Å². The van der Waals surface area contributed by atoms with Crippen LogP contribution in [0.1, 0.15) is 6.92 Å². The number of ether oxygens (including phenoxy) is 1. The summed E-state index contributed by atoms with van der Waals surface area (Å²) in [6.07, 6.45) is -2.92. The van der Waals surface area contributed by atoms with Crippen LogP contribution in [-0.4, -0.2) is 43.2 Å². The van der Waals surface area contributed by atoms with Crippen molar-refractivity contribution < 1.29 is 19.0 Å². The average molecular weight is 194 g/mol. The summed E-state index contributed by atoms with van der Waals surface area (Å²) in [7, 11) is 0. The first-order valence-electron chi connectivity index (χ1n) is 4.00. The summed E-state index contributed by atoms with van der Waals surface area (Å²) in [4.78, 5) is 9.97. The highest BCUT2D eigenvalue weighted by molar-refractivity contribution is 5.64. The summed E-state index contributed by atoms with van der Waals surface area (Å²) >= 11 is 0. The van der Waals surface area contributed by atoms with Crippen LogP contribution in [0.25, 0.3) is 0 Å². The number of hydrogen-bond donors (Lipinski definition) is 3. The number of hydrogen-bond acceptors (Lipinski definition) is 3. The van der Waals surface area contributed by atoms with E-state index in [1.165, 1.54) is 0 Å². The van der Waals surface area contributed by atoms with Gasteiger partial charge in [0.15, 0.2) is 0 Å². The molecule has 78 valence electrons. The molecule has 2 unspecified atom stereocenters. The van der Waals surface area contributed by atoms with Crippen molar-refractivity contribution in [3.63, 3.8) is 0 Å². The molecule has 0 bridgehead atoms. The van der Waals surface area contributed by atoms with Crippen LogP contribution in [0, 0.1) is 0 Å². The first-order valence-corrected chi connectivity index (χ1v) is 4.00. The van der Waals surface area contributed by atoms with Crippen LogP contribution in [-0.2, 0) is 4.74 Å². The van der Waals surface area contributed by atoms with E-state index >= 15 is 0 Å². The van der Waals surface area contributed by atoms with E-state index in [2.05, 4.69) is 5.32 Å². The lowest BCUT2D eigenvalue weighted by atomic mass is 10.2. The molecule has 13 heavy (non-hydrogen) atoms. The van der Waals surface area contributed by atoms with Gasteiger partial charge in [-0.1, -0.05) is 0 Å². The maximum absolute atomic E-state index is 12.7. The van der Waals surface area contributed by atoms with Crippen LogP contribution in [0.2, 0.25) is 0 Å². The zero-order valence-corrected chi connectivity index (χ0v) is 7.50. The number of amides is 1. The Hall–Kier alpha value is -0.880. The fourth-order valence-electron chi connectivity index (χ4n) is 0.699. The second-order valence-corrected chi connectivity index (χ2v) is 2.56. The lowest BCUT2D eigenvalue weighted by molar-refractivity contribution is 0.0150. The van der Waals surface area contributed by atoms with Crippen molar-refractivity contribution >= 4 is 6.09 Å². The van der Waals surface area contributed by atoms with Crippen LogP contribution in [0.15, 0.2) is 0 Å². The van der Waals surface area contributed by atoms with Crippen molar-refractivity contribution in [2.24, 2.45) is 5.73 Å². The monoisotopic (exact) mass is 194 g/mol. The molecule has 0 saturated heterocycles. The maximum Gasteiger partial charge on any atom is 0.404 e. The Labute approximate surface area is 76.1 Å². The molecule has 0 spiro atoms. The summed E-state index contributed by atoms with van der Waals surface area (Å²) in [5, 5.41) is 10.3. The molecule has 4 N–H and O–H groups in total. The molecule has 0 aromatic rings. The molecule has 0 aliphatic carbocycles. The van der Waals surface area contributed by atoms with Crippen LogP contribution in [0.3, 0.4) is 0 Å². The van der Waals surface area contributed by atoms with Gasteiger partial charge in [0.25, 0.3) is 0 Å². The van der Waals surface area contributed by atoms with Crippen molar-refractivity contribution in [2.75, 3.05) is 19.7 Å². The molecule has 5 nitrogen and oxygen atoms in total. The molecule has 2 atom stereocenters.